The van der Waals surface area contributed by atoms with Gasteiger partial charge in [-0.2, -0.15) is 0 Å². The Morgan fingerprint density at radius 2 is 0.762 bits per heavy atom. The number of hydrogen-bond acceptors (Lipinski definition) is 0. The number of rotatable bonds is 17. The molecule has 0 unspecified atom stereocenters. The highest BCUT2D eigenvalue weighted by Crippen LogP contribution is 2.15. The zero-order valence-corrected chi connectivity index (χ0v) is 16.8. The van der Waals surface area contributed by atoms with Gasteiger partial charge in [-0.1, -0.05) is 127 Å². The highest BCUT2D eigenvalue weighted by atomic mass is 27.2. The predicted molar refractivity (Wildman–Crippen MR) is 102 cm³/mol. The van der Waals surface area contributed by atoms with Gasteiger partial charge >= 0.3 is 0 Å². The zero-order chi connectivity index (χ0) is 15.6. The summed E-state index contributed by atoms with van der Waals surface area (Å²) in [5, 5.41) is 4.66. The highest BCUT2D eigenvalue weighted by Gasteiger charge is 2.09. The van der Waals surface area contributed by atoms with E-state index in [4.69, 9.17) is 0 Å². The van der Waals surface area contributed by atoms with Crippen molar-refractivity contribution in [2.24, 2.45) is 0 Å². The van der Waals surface area contributed by atoms with E-state index in [-0.39, 0.29) is 14.1 Å². The minimum atomic E-state index is -0.281. The Balaban J connectivity index is 3.02. The van der Waals surface area contributed by atoms with Crippen LogP contribution in [0.5, 0.6) is 0 Å². The zero-order valence-electron chi connectivity index (χ0n) is 15.6. The molecule has 0 spiro atoms. The summed E-state index contributed by atoms with van der Waals surface area (Å²) < 4.78 is 0. The molecule has 0 aromatic heterocycles. The van der Waals surface area contributed by atoms with E-state index in [9.17, 15) is 0 Å². The average Bonchev–Trinajstić information content (AvgIpc) is 2.51. The summed E-state index contributed by atoms with van der Waals surface area (Å²) in [6, 6.07) is 0. The van der Waals surface area contributed by atoms with Crippen LogP contribution in [0, 0.1) is 0 Å². The summed E-state index contributed by atoms with van der Waals surface area (Å²) >= 11 is -0.281. The fourth-order valence-corrected chi connectivity index (χ4v) is 5.58. The molecule has 0 atom stereocenters. The maximum Gasteiger partial charge on any atom is 0.261 e. The van der Waals surface area contributed by atoms with E-state index >= 15 is 0 Å². The van der Waals surface area contributed by atoms with E-state index in [1.807, 2.05) is 0 Å². The summed E-state index contributed by atoms with van der Waals surface area (Å²) in [5.74, 6) is 0. The van der Waals surface area contributed by atoms with Crippen LogP contribution in [0.4, 0.5) is 0 Å². The molecule has 0 fully saturated rings. The van der Waals surface area contributed by atoms with E-state index in [0.717, 1.165) is 0 Å². The Morgan fingerprint density at radius 1 is 0.429 bits per heavy atom. The maximum atomic E-state index is 2.41. The van der Waals surface area contributed by atoms with Gasteiger partial charge in [0, 0.05) is 0 Å². The first kappa shape index (κ1) is 21.5. The monoisotopic (exact) mass is 310 g/mol. The Morgan fingerprint density at radius 3 is 1.10 bits per heavy atom. The molecule has 0 saturated heterocycles. The second-order valence-corrected chi connectivity index (χ2v) is 11.0. The molecular formula is C20H43Al. The van der Waals surface area contributed by atoms with Gasteiger partial charge in [-0.15, -0.1) is 0 Å². The third kappa shape index (κ3) is 16.7. The van der Waals surface area contributed by atoms with Gasteiger partial charge in [-0.3, -0.25) is 0 Å². The maximum absolute atomic E-state index is 2.41. The topological polar surface area (TPSA) is 0 Å². The molecule has 0 bridgehead atoms. The molecule has 0 aromatic carbocycles. The van der Waals surface area contributed by atoms with Crippen LogP contribution in [0.3, 0.4) is 0 Å². The molecule has 0 aliphatic carbocycles. The van der Waals surface area contributed by atoms with Crippen molar-refractivity contribution in [1.29, 1.82) is 0 Å². The SMILES string of the molecule is CCCCCCCCCCCCCCC[CH2][Al]([CH2]C)[CH2]C. The average molecular weight is 311 g/mol. The fraction of sp³-hybridized carbons (Fsp3) is 1.00. The molecule has 0 aliphatic rings. The van der Waals surface area contributed by atoms with Crippen LogP contribution in [-0.2, 0) is 0 Å². The first-order valence-corrected chi connectivity index (χ1v) is 12.8. The van der Waals surface area contributed by atoms with Crippen molar-refractivity contribution in [3.05, 3.63) is 0 Å². The predicted octanol–water partition coefficient (Wildman–Crippen LogP) is 8.00. The van der Waals surface area contributed by atoms with Crippen molar-refractivity contribution in [1.82, 2.24) is 0 Å². The van der Waals surface area contributed by atoms with Gasteiger partial charge in [0.2, 0.25) is 0 Å². The van der Waals surface area contributed by atoms with Crippen molar-refractivity contribution in [3.8, 4) is 0 Å². The lowest BCUT2D eigenvalue weighted by Gasteiger charge is -2.06. The molecule has 21 heavy (non-hydrogen) atoms. The summed E-state index contributed by atoms with van der Waals surface area (Å²) in [4.78, 5) is 0. The molecule has 0 saturated carbocycles. The van der Waals surface area contributed by atoms with E-state index in [2.05, 4.69) is 20.8 Å². The lowest BCUT2D eigenvalue weighted by atomic mass is 10.0. The van der Waals surface area contributed by atoms with E-state index in [0.29, 0.717) is 0 Å². The quantitative estimate of drug-likeness (QED) is 0.188. The third-order valence-corrected chi connectivity index (χ3v) is 8.65. The normalized spacial score (nSPS) is 11.0. The van der Waals surface area contributed by atoms with Crippen molar-refractivity contribution in [2.45, 2.75) is 127 Å². The van der Waals surface area contributed by atoms with E-state index in [1.165, 1.54) is 100 Å². The molecule has 1 heteroatoms. The van der Waals surface area contributed by atoms with Crippen molar-refractivity contribution < 1.29 is 0 Å². The second kappa shape index (κ2) is 18.6. The van der Waals surface area contributed by atoms with Crippen LogP contribution in [-0.4, -0.2) is 14.1 Å². The minimum Gasteiger partial charge on any atom is -0.0967 e. The molecular weight excluding hydrogens is 267 g/mol. The van der Waals surface area contributed by atoms with E-state index < -0.39 is 0 Å². The van der Waals surface area contributed by atoms with Crippen LogP contribution in [0.1, 0.15) is 111 Å². The Labute approximate surface area is 140 Å². The second-order valence-electron chi connectivity index (χ2n) is 7.07. The summed E-state index contributed by atoms with van der Waals surface area (Å²) in [5.41, 5.74) is 0. The number of hydrogen-bond donors (Lipinski definition) is 0. The summed E-state index contributed by atoms with van der Waals surface area (Å²) in [6.45, 7) is 7.11. The van der Waals surface area contributed by atoms with Crippen LogP contribution in [0.15, 0.2) is 0 Å². The lowest BCUT2D eigenvalue weighted by Crippen LogP contribution is -2.07. The molecule has 0 nitrogen and oxygen atoms in total. The Bertz CT molecular complexity index is 175. The van der Waals surface area contributed by atoms with Crippen molar-refractivity contribution in [2.75, 3.05) is 0 Å². The Kier molecular flexibility index (Phi) is 19.1. The summed E-state index contributed by atoms with van der Waals surface area (Å²) in [6.07, 6.45) is 20.8. The fourth-order valence-electron chi connectivity index (χ4n) is 3.32. The molecule has 0 rings (SSSR count). The molecule has 0 heterocycles. The smallest absolute Gasteiger partial charge is 0.0967 e. The van der Waals surface area contributed by atoms with Gasteiger partial charge in [0.05, 0.1) is 0 Å². The molecule has 0 amide bonds. The van der Waals surface area contributed by atoms with Gasteiger partial charge in [0.1, 0.15) is 0 Å². The number of unbranched alkanes of at least 4 members (excludes halogenated alkanes) is 13. The third-order valence-electron chi connectivity index (χ3n) is 5.12. The minimum absolute atomic E-state index is 0.281. The summed E-state index contributed by atoms with van der Waals surface area (Å²) in [7, 11) is 0. The van der Waals surface area contributed by atoms with Crippen molar-refractivity contribution >= 4 is 14.1 Å². The molecule has 126 valence electrons. The first-order chi connectivity index (χ1) is 10.3. The molecule has 0 aromatic rings. The van der Waals surface area contributed by atoms with Crippen LogP contribution < -0.4 is 0 Å². The van der Waals surface area contributed by atoms with Crippen LogP contribution >= 0.6 is 0 Å². The van der Waals surface area contributed by atoms with Crippen molar-refractivity contribution in [3.63, 3.8) is 0 Å². The molecule has 0 N–H and O–H groups in total. The first-order valence-electron chi connectivity index (χ1n) is 10.3. The van der Waals surface area contributed by atoms with Gasteiger partial charge in [-0.05, 0) is 0 Å². The van der Waals surface area contributed by atoms with Gasteiger partial charge in [0.25, 0.3) is 14.1 Å². The van der Waals surface area contributed by atoms with Crippen LogP contribution in [0.2, 0.25) is 15.8 Å². The van der Waals surface area contributed by atoms with Gasteiger partial charge in [0.15, 0.2) is 0 Å². The lowest BCUT2D eigenvalue weighted by molar-refractivity contribution is 0.538. The van der Waals surface area contributed by atoms with Gasteiger partial charge in [-0.25, -0.2) is 0 Å². The molecule has 0 radical (unpaired) electrons. The van der Waals surface area contributed by atoms with Gasteiger partial charge < -0.3 is 0 Å². The molecule has 0 aliphatic heterocycles. The largest absolute Gasteiger partial charge is 0.261 e. The highest BCUT2D eigenvalue weighted by molar-refractivity contribution is 6.58. The Hall–Kier alpha value is 0.532. The van der Waals surface area contributed by atoms with E-state index in [1.54, 1.807) is 5.28 Å². The van der Waals surface area contributed by atoms with Crippen LogP contribution in [0.25, 0.3) is 0 Å². The standard InChI is InChI=1S/C16H33.2C2H5.Al/c1-3-5-7-9-11-13-15-16-14-12-10-8-6-4-2;2*1-2;/h1,3-16H2,2H3;2*1H2,2H3;.